The minimum absolute atomic E-state index is 0.102. The number of halogens is 2. The van der Waals surface area contributed by atoms with Crippen molar-refractivity contribution >= 4 is 17.4 Å². The standard InChI is InChI=1S/C14H14ClFO/c1-7-2-11(12(15)6-13(7)16)14(17)10-4-8-3-9(8)5-10/h2,6,8-10H,3-5H2,1H3. The molecule has 90 valence electrons. The van der Waals surface area contributed by atoms with E-state index in [1.54, 1.807) is 13.0 Å². The second-order valence-electron chi connectivity index (χ2n) is 5.37. The third-order valence-electron chi connectivity index (χ3n) is 4.13. The first kappa shape index (κ1) is 11.2. The summed E-state index contributed by atoms with van der Waals surface area (Å²) in [6, 6.07) is 2.84. The Hall–Kier alpha value is -0.890. The summed E-state index contributed by atoms with van der Waals surface area (Å²) in [5, 5.41) is 0.249. The van der Waals surface area contributed by atoms with Crippen molar-refractivity contribution in [2.75, 3.05) is 0 Å². The van der Waals surface area contributed by atoms with E-state index in [2.05, 4.69) is 0 Å². The molecule has 2 fully saturated rings. The van der Waals surface area contributed by atoms with Gasteiger partial charge in [0.15, 0.2) is 5.78 Å². The first-order valence-corrected chi connectivity index (χ1v) is 6.44. The number of hydrogen-bond acceptors (Lipinski definition) is 1. The molecule has 0 radical (unpaired) electrons. The molecule has 0 N–H and O–H groups in total. The van der Waals surface area contributed by atoms with Crippen LogP contribution in [0, 0.1) is 30.5 Å². The number of fused-ring (bicyclic) bond motifs is 1. The quantitative estimate of drug-likeness (QED) is 0.727. The summed E-state index contributed by atoms with van der Waals surface area (Å²) >= 11 is 5.96. The minimum Gasteiger partial charge on any atom is -0.294 e. The maximum absolute atomic E-state index is 13.3. The van der Waals surface area contributed by atoms with Gasteiger partial charge in [0.1, 0.15) is 5.82 Å². The molecule has 2 aliphatic carbocycles. The Morgan fingerprint density at radius 3 is 2.59 bits per heavy atom. The van der Waals surface area contributed by atoms with Crippen molar-refractivity contribution in [1.29, 1.82) is 0 Å². The molecule has 0 saturated heterocycles. The zero-order chi connectivity index (χ0) is 12.2. The highest BCUT2D eigenvalue weighted by molar-refractivity contribution is 6.34. The van der Waals surface area contributed by atoms with E-state index in [0.29, 0.717) is 11.1 Å². The van der Waals surface area contributed by atoms with Gasteiger partial charge in [-0.25, -0.2) is 4.39 Å². The second kappa shape index (κ2) is 3.81. The monoisotopic (exact) mass is 252 g/mol. The van der Waals surface area contributed by atoms with Crippen LogP contribution in [0.1, 0.15) is 35.2 Å². The maximum atomic E-state index is 13.3. The number of carbonyl (C=O) groups is 1. The summed E-state index contributed by atoms with van der Waals surface area (Å²) in [7, 11) is 0. The molecule has 17 heavy (non-hydrogen) atoms. The molecule has 3 heteroatoms. The topological polar surface area (TPSA) is 17.1 Å². The van der Waals surface area contributed by atoms with E-state index in [4.69, 9.17) is 11.6 Å². The van der Waals surface area contributed by atoms with Gasteiger partial charge in [0.2, 0.25) is 0 Å². The average Bonchev–Trinajstić information content (AvgIpc) is 2.90. The predicted molar refractivity (Wildman–Crippen MR) is 64.8 cm³/mol. The van der Waals surface area contributed by atoms with E-state index in [-0.39, 0.29) is 22.5 Å². The molecule has 1 aromatic carbocycles. The number of Topliss-reactive ketones (excluding diaryl/α,β-unsaturated/α-hetero) is 1. The summed E-state index contributed by atoms with van der Waals surface area (Å²) in [6.07, 6.45) is 3.28. The van der Waals surface area contributed by atoms with Crippen LogP contribution in [0.25, 0.3) is 0 Å². The van der Waals surface area contributed by atoms with Crippen LogP contribution in [0.15, 0.2) is 12.1 Å². The molecule has 0 aromatic heterocycles. The minimum atomic E-state index is -0.346. The smallest absolute Gasteiger partial charge is 0.167 e. The van der Waals surface area contributed by atoms with Crippen LogP contribution in [0.5, 0.6) is 0 Å². The molecule has 2 aliphatic rings. The van der Waals surface area contributed by atoms with Gasteiger partial charge in [-0.2, -0.15) is 0 Å². The largest absolute Gasteiger partial charge is 0.294 e. The van der Waals surface area contributed by atoms with Gasteiger partial charge in [0, 0.05) is 11.5 Å². The van der Waals surface area contributed by atoms with Crippen molar-refractivity contribution in [2.45, 2.75) is 26.2 Å². The number of carbonyl (C=O) groups excluding carboxylic acids is 1. The summed E-state index contributed by atoms with van der Waals surface area (Å²) in [5.74, 6) is 1.40. The van der Waals surface area contributed by atoms with Crippen molar-refractivity contribution in [2.24, 2.45) is 17.8 Å². The van der Waals surface area contributed by atoms with Crippen molar-refractivity contribution in [3.05, 3.63) is 34.1 Å². The molecule has 0 heterocycles. The number of ketones is 1. The van der Waals surface area contributed by atoms with Crippen molar-refractivity contribution < 1.29 is 9.18 Å². The Bertz CT molecular complexity index is 487. The predicted octanol–water partition coefficient (Wildman–Crippen LogP) is 4.02. The van der Waals surface area contributed by atoms with E-state index in [9.17, 15) is 9.18 Å². The van der Waals surface area contributed by atoms with Gasteiger partial charge >= 0.3 is 0 Å². The molecular formula is C14H14ClFO. The first-order chi connectivity index (χ1) is 8.06. The van der Waals surface area contributed by atoms with Gasteiger partial charge in [-0.3, -0.25) is 4.79 Å². The summed E-state index contributed by atoms with van der Waals surface area (Å²) in [4.78, 5) is 12.3. The van der Waals surface area contributed by atoms with Crippen LogP contribution in [0.3, 0.4) is 0 Å². The number of hydrogen-bond donors (Lipinski definition) is 0. The van der Waals surface area contributed by atoms with Crippen molar-refractivity contribution in [1.82, 2.24) is 0 Å². The van der Waals surface area contributed by atoms with Crippen LogP contribution < -0.4 is 0 Å². The molecule has 1 nitrogen and oxygen atoms in total. The normalized spacial score (nSPS) is 30.2. The van der Waals surface area contributed by atoms with E-state index in [0.717, 1.165) is 24.7 Å². The van der Waals surface area contributed by atoms with Crippen molar-refractivity contribution in [3.8, 4) is 0 Å². The van der Waals surface area contributed by atoms with Crippen LogP contribution in [0.2, 0.25) is 5.02 Å². The van der Waals surface area contributed by atoms with E-state index < -0.39 is 0 Å². The van der Waals surface area contributed by atoms with Gasteiger partial charge in [-0.15, -0.1) is 0 Å². The van der Waals surface area contributed by atoms with Crippen LogP contribution in [-0.4, -0.2) is 5.78 Å². The highest BCUT2D eigenvalue weighted by atomic mass is 35.5. The summed E-state index contributed by atoms with van der Waals surface area (Å²) in [6.45, 7) is 1.66. The molecule has 0 amide bonds. The van der Waals surface area contributed by atoms with E-state index >= 15 is 0 Å². The van der Waals surface area contributed by atoms with Crippen molar-refractivity contribution in [3.63, 3.8) is 0 Å². The molecule has 0 spiro atoms. The molecule has 2 atom stereocenters. The fourth-order valence-corrected chi connectivity index (χ4v) is 3.24. The Morgan fingerprint density at radius 1 is 1.29 bits per heavy atom. The van der Waals surface area contributed by atoms with Crippen LogP contribution in [-0.2, 0) is 0 Å². The zero-order valence-electron chi connectivity index (χ0n) is 9.67. The second-order valence-corrected chi connectivity index (χ2v) is 5.78. The van der Waals surface area contributed by atoms with E-state index in [1.165, 1.54) is 12.5 Å². The maximum Gasteiger partial charge on any atom is 0.167 e. The third-order valence-corrected chi connectivity index (χ3v) is 4.44. The average molecular weight is 253 g/mol. The molecule has 1 aromatic rings. The molecule has 0 aliphatic heterocycles. The lowest BCUT2D eigenvalue weighted by Crippen LogP contribution is -2.14. The highest BCUT2D eigenvalue weighted by Crippen LogP contribution is 2.55. The highest BCUT2D eigenvalue weighted by Gasteiger charge is 2.48. The zero-order valence-corrected chi connectivity index (χ0v) is 10.4. The van der Waals surface area contributed by atoms with Crippen LogP contribution >= 0.6 is 11.6 Å². The molecular weight excluding hydrogens is 239 g/mol. The Morgan fingerprint density at radius 2 is 1.94 bits per heavy atom. The number of aryl methyl sites for hydroxylation is 1. The summed E-state index contributed by atoms with van der Waals surface area (Å²) in [5.41, 5.74) is 0.984. The Kier molecular flexibility index (Phi) is 2.51. The van der Waals surface area contributed by atoms with E-state index in [1.807, 2.05) is 0 Å². The fourth-order valence-electron chi connectivity index (χ4n) is 2.99. The Balaban J connectivity index is 1.88. The first-order valence-electron chi connectivity index (χ1n) is 6.06. The lowest BCUT2D eigenvalue weighted by atomic mass is 9.92. The van der Waals surface area contributed by atoms with Gasteiger partial charge in [-0.1, -0.05) is 11.6 Å². The molecule has 2 saturated carbocycles. The van der Waals surface area contributed by atoms with Gasteiger partial charge in [0.05, 0.1) is 5.02 Å². The third kappa shape index (κ3) is 1.89. The lowest BCUT2D eigenvalue weighted by molar-refractivity contribution is 0.0914. The van der Waals surface area contributed by atoms with Gasteiger partial charge in [0.25, 0.3) is 0 Å². The molecule has 3 rings (SSSR count). The molecule has 2 unspecified atom stereocenters. The fraction of sp³-hybridized carbons (Fsp3) is 0.500. The number of benzene rings is 1. The lowest BCUT2D eigenvalue weighted by Gasteiger charge is -2.12. The Labute approximate surface area is 105 Å². The SMILES string of the molecule is Cc1cc(C(=O)C2CC3CC3C2)c(Cl)cc1F. The number of rotatable bonds is 2. The van der Waals surface area contributed by atoms with Gasteiger partial charge < -0.3 is 0 Å². The van der Waals surface area contributed by atoms with Crippen LogP contribution in [0.4, 0.5) is 4.39 Å². The van der Waals surface area contributed by atoms with Gasteiger partial charge in [-0.05, 0) is 55.7 Å². The molecule has 0 bridgehead atoms. The summed E-state index contributed by atoms with van der Waals surface area (Å²) < 4.78 is 13.3.